The molecule has 1 saturated heterocycles. The summed E-state index contributed by atoms with van der Waals surface area (Å²) < 4.78 is 0. The first-order valence-electron chi connectivity index (χ1n) is 5.36. The minimum Gasteiger partial charge on any atom is -0.395 e. The first kappa shape index (κ1) is 11.3. The molecule has 0 atom stereocenters. The van der Waals surface area contributed by atoms with Crippen molar-refractivity contribution in [2.24, 2.45) is 0 Å². The van der Waals surface area contributed by atoms with Crippen LogP contribution >= 0.6 is 0 Å². The van der Waals surface area contributed by atoms with Gasteiger partial charge in [-0.15, -0.1) is 0 Å². The lowest BCUT2D eigenvalue weighted by atomic mass is 10.2. The van der Waals surface area contributed by atoms with E-state index in [-0.39, 0.29) is 12.6 Å². The summed E-state index contributed by atoms with van der Waals surface area (Å²) in [4.78, 5) is 15.3. The molecule has 0 aromatic rings. The molecule has 4 nitrogen and oxygen atoms in total. The molecule has 0 bridgehead atoms. The number of rotatable bonds is 2. The summed E-state index contributed by atoms with van der Waals surface area (Å²) in [6.07, 6.45) is 4.68. The van der Waals surface area contributed by atoms with Crippen LogP contribution in [0, 0.1) is 0 Å². The van der Waals surface area contributed by atoms with Crippen LogP contribution in [0.1, 0.15) is 25.7 Å². The number of aliphatic hydroxyl groups is 1. The van der Waals surface area contributed by atoms with E-state index in [4.69, 9.17) is 5.11 Å². The number of hydrogen-bond acceptors (Lipinski definition) is 2. The molecule has 0 radical (unpaired) electrons. The maximum absolute atomic E-state index is 11.8. The van der Waals surface area contributed by atoms with Crippen LogP contribution in [-0.4, -0.2) is 54.2 Å². The average molecular weight is 200 g/mol. The molecule has 1 N–H and O–H groups in total. The number of likely N-dealkylation sites (N-methyl/N-ethyl adjacent to an activating group) is 1. The van der Waals surface area contributed by atoms with E-state index >= 15 is 0 Å². The Hall–Kier alpha value is -0.770. The van der Waals surface area contributed by atoms with Crippen LogP contribution in [0.15, 0.2) is 0 Å². The Morgan fingerprint density at radius 3 is 2.36 bits per heavy atom. The van der Waals surface area contributed by atoms with Crippen molar-refractivity contribution in [3.63, 3.8) is 0 Å². The van der Waals surface area contributed by atoms with Crippen LogP contribution in [-0.2, 0) is 0 Å². The number of carbonyl (C=O) groups is 1. The van der Waals surface area contributed by atoms with E-state index in [0.717, 1.165) is 25.9 Å². The van der Waals surface area contributed by atoms with Gasteiger partial charge in [-0.05, 0) is 12.8 Å². The molecular formula is C10H20N2O2. The van der Waals surface area contributed by atoms with E-state index in [0.29, 0.717) is 6.54 Å². The molecule has 0 saturated carbocycles. The molecule has 82 valence electrons. The summed E-state index contributed by atoms with van der Waals surface area (Å²) in [6.45, 7) is 2.20. The molecule has 0 aromatic carbocycles. The van der Waals surface area contributed by atoms with Crippen LogP contribution in [0.4, 0.5) is 4.79 Å². The van der Waals surface area contributed by atoms with Crippen LogP contribution in [0.25, 0.3) is 0 Å². The van der Waals surface area contributed by atoms with Crippen molar-refractivity contribution in [2.45, 2.75) is 25.7 Å². The molecule has 0 unspecified atom stereocenters. The van der Waals surface area contributed by atoms with Gasteiger partial charge in [-0.1, -0.05) is 12.8 Å². The van der Waals surface area contributed by atoms with Gasteiger partial charge < -0.3 is 14.9 Å². The molecule has 1 heterocycles. The second-order valence-electron chi connectivity index (χ2n) is 3.83. The highest BCUT2D eigenvalue weighted by Gasteiger charge is 2.18. The molecule has 4 heteroatoms. The number of carbonyl (C=O) groups excluding carboxylic acids is 1. The Labute approximate surface area is 85.5 Å². The van der Waals surface area contributed by atoms with Crippen LogP contribution in [0.3, 0.4) is 0 Å². The molecule has 1 aliphatic heterocycles. The molecular weight excluding hydrogens is 180 g/mol. The topological polar surface area (TPSA) is 43.8 Å². The number of likely N-dealkylation sites (tertiary alicyclic amines) is 1. The van der Waals surface area contributed by atoms with Gasteiger partial charge in [0.05, 0.1) is 6.61 Å². The van der Waals surface area contributed by atoms with E-state index in [1.165, 1.54) is 12.8 Å². The van der Waals surface area contributed by atoms with Gasteiger partial charge in [0.1, 0.15) is 0 Å². The fourth-order valence-electron chi connectivity index (χ4n) is 1.75. The zero-order chi connectivity index (χ0) is 10.4. The highest BCUT2D eigenvalue weighted by Crippen LogP contribution is 2.10. The second kappa shape index (κ2) is 5.86. The Morgan fingerprint density at radius 2 is 1.86 bits per heavy atom. The zero-order valence-electron chi connectivity index (χ0n) is 8.91. The van der Waals surface area contributed by atoms with Crippen molar-refractivity contribution in [1.82, 2.24) is 9.80 Å². The number of aliphatic hydroxyl groups excluding tert-OH is 1. The minimum atomic E-state index is 0.0378. The monoisotopic (exact) mass is 200 g/mol. The van der Waals surface area contributed by atoms with Crippen molar-refractivity contribution in [1.29, 1.82) is 0 Å². The third-order valence-corrected chi connectivity index (χ3v) is 2.64. The smallest absolute Gasteiger partial charge is 0.319 e. The van der Waals surface area contributed by atoms with Gasteiger partial charge in [-0.25, -0.2) is 4.79 Å². The van der Waals surface area contributed by atoms with E-state index in [1.54, 1.807) is 11.9 Å². The third kappa shape index (κ3) is 3.18. The summed E-state index contributed by atoms with van der Waals surface area (Å²) in [5.41, 5.74) is 0. The summed E-state index contributed by atoms with van der Waals surface area (Å²) >= 11 is 0. The third-order valence-electron chi connectivity index (χ3n) is 2.64. The fourth-order valence-corrected chi connectivity index (χ4v) is 1.75. The summed E-state index contributed by atoms with van der Waals surface area (Å²) in [7, 11) is 1.74. The van der Waals surface area contributed by atoms with E-state index in [9.17, 15) is 4.79 Å². The van der Waals surface area contributed by atoms with Crippen molar-refractivity contribution in [2.75, 3.05) is 33.3 Å². The van der Waals surface area contributed by atoms with E-state index in [2.05, 4.69) is 0 Å². The Bertz CT molecular complexity index is 177. The van der Waals surface area contributed by atoms with Gasteiger partial charge in [-0.3, -0.25) is 0 Å². The lowest BCUT2D eigenvalue weighted by Crippen LogP contribution is -2.42. The SMILES string of the molecule is CN(CCO)C(=O)N1CCCCCC1. The fraction of sp³-hybridized carbons (Fsp3) is 0.900. The molecule has 2 amide bonds. The number of urea groups is 1. The Kier molecular flexibility index (Phi) is 4.73. The first-order valence-corrected chi connectivity index (χ1v) is 5.36. The predicted octanol–water partition coefficient (Wildman–Crippen LogP) is 0.906. The maximum atomic E-state index is 11.8. The molecule has 1 fully saturated rings. The molecule has 14 heavy (non-hydrogen) atoms. The molecule has 0 aromatic heterocycles. The predicted molar refractivity (Wildman–Crippen MR) is 55.2 cm³/mol. The van der Waals surface area contributed by atoms with E-state index in [1.807, 2.05) is 4.90 Å². The second-order valence-corrected chi connectivity index (χ2v) is 3.83. The van der Waals surface area contributed by atoms with Crippen molar-refractivity contribution in [3.05, 3.63) is 0 Å². The van der Waals surface area contributed by atoms with Gasteiger partial charge >= 0.3 is 6.03 Å². The number of hydrogen-bond donors (Lipinski definition) is 1. The zero-order valence-corrected chi connectivity index (χ0v) is 8.91. The highest BCUT2D eigenvalue weighted by molar-refractivity contribution is 5.74. The Morgan fingerprint density at radius 1 is 1.29 bits per heavy atom. The highest BCUT2D eigenvalue weighted by atomic mass is 16.3. The van der Waals surface area contributed by atoms with Gasteiger partial charge in [0.2, 0.25) is 0 Å². The van der Waals surface area contributed by atoms with Gasteiger partial charge in [-0.2, -0.15) is 0 Å². The van der Waals surface area contributed by atoms with Crippen LogP contribution in [0.2, 0.25) is 0 Å². The lowest BCUT2D eigenvalue weighted by Gasteiger charge is -2.26. The van der Waals surface area contributed by atoms with Crippen molar-refractivity contribution in [3.8, 4) is 0 Å². The van der Waals surface area contributed by atoms with Gasteiger partial charge in [0.25, 0.3) is 0 Å². The number of amides is 2. The van der Waals surface area contributed by atoms with Gasteiger partial charge in [0.15, 0.2) is 0 Å². The summed E-state index contributed by atoms with van der Waals surface area (Å²) in [5.74, 6) is 0. The maximum Gasteiger partial charge on any atom is 0.319 e. The Balaban J connectivity index is 2.40. The van der Waals surface area contributed by atoms with Crippen LogP contribution < -0.4 is 0 Å². The standard InChI is InChI=1S/C10H20N2O2/c1-11(8-9-13)10(14)12-6-4-2-3-5-7-12/h13H,2-9H2,1H3. The normalized spacial score (nSPS) is 17.7. The quantitative estimate of drug-likeness (QED) is 0.720. The molecule has 1 rings (SSSR count). The van der Waals surface area contributed by atoms with Crippen molar-refractivity contribution >= 4 is 6.03 Å². The molecule has 0 spiro atoms. The lowest BCUT2D eigenvalue weighted by molar-refractivity contribution is 0.152. The summed E-state index contributed by atoms with van der Waals surface area (Å²) in [5, 5.41) is 8.73. The number of nitrogens with zero attached hydrogens (tertiary/aromatic N) is 2. The van der Waals surface area contributed by atoms with Gasteiger partial charge in [0, 0.05) is 26.7 Å². The molecule has 0 aliphatic carbocycles. The first-order chi connectivity index (χ1) is 6.75. The largest absolute Gasteiger partial charge is 0.395 e. The van der Waals surface area contributed by atoms with Crippen LogP contribution in [0.5, 0.6) is 0 Å². The molecule has 1 aliphatic rings. The summed E-state index contributed by atoms with van der Waals surface area (Å²) in [6, 6.07) is 0.0564. The van der Waals surface area contributed by atoms with E-state index < -0.39 is 0 Å². The minimum absolute atomic E-state index is 0.0378. The van der Waals surface area contributed by atoms with Crippen molar-refractivity contribution < 1.29 is 9.90 Å². The average Bonchev–Trinajstić information content (AvgIpc) is 2.45.